The van der Waals surface area contributed by atoms with Gasteiger partial charge in [-0.25, -0.2) is 8.42 Å². The summed E-state index contributed by atoms with van der Waals surface area (Å²) in [7, 11) is -3.17. The first-order chi connectivity index (χ1) is 10.3. The van der Waals surface area contributed by atoms with E-state index in [9.17, 15) is 13.2 Å². The lowest BCUT2D eigenvalue weighted by Crippen LogP contribution is -2.37. The van der Waals surface area contributed by atoms with Gasteiger partial charge in [-0.15, -0.1) is 0 Å². The first-order valence-electron chi connectivity index (χ1n) is 6.45. The molecule has 0 radical (unpaired) electrons. The second-order valence-corrected chi connectivity index (χ2v) is 7.67. The molecule has 1 N–H and O–H groups in total. The quantitative estimate of drug-likeness (QED) is 0.899. The fourth-order valence-corrected chi connectivity index (χ4v) is 3.13. The molecule has 8 heteroatoms. The first kappa shape index (κ1) is 16.5. The second kappa shape index (κ2) is 6.50. The summed E-state index contributed by atoms with van der Waals surface area (Å²) < 4.78 is 27.3. The molecule has 0 aliphatic rings. The fourth-order valence-electron chi connectivity index (χ4n) is 2.01. The van der Waals surface area contributed by atoms with Gasteiger partial charge in [-0.1, -0.05) is 28.9 Å². The van der Waals surface area contributed by atoms with Crippen molar-refractivity contribution in [2.45, 2.75) is 13.0 Å². The fraction of sp³-hybridized carbons (Fsp3) is 0.286. The lowest BCUT2D eigenvalue weighted by atomic mass is 10.1. The number of sulfone groups is 1. The molecule has 0 spiro atoms. The number of carbonyl (C=O) groups is 1. The van der Waals surface area contributed by atoms with E-state index in [4.69, 9.17) is 16.1 Å². The molecule has 2 rings (SSSR count). The highest BCUT2D eigenvalue weighted by Gasteiger charge is 2.20. The van der Waals surface area contributed by atoms with E-state index in [0.717, 1.165) is 6.26 Å². The maximum atomic E-state index is 12.2. The Bertz CT molecular complexity index is 768. The molecule has 0 fully saturated rings. The zero-order valence-corrected chi connectivity index (χ0v) is 13.6. The third-order valence-corrected chi connectivity index (χ3v) is 4.22. The van der Waals surface area contributed by atoms with Crippen molar-refractivity contribution < 1.29 is 17.7 Å². The van der Waals surface area contributed by atoms with Gasteiger partial charge in [-0.05, 0) is 19.1 Å². The Kier molecular flexibility index (Phi) is 4.87. The van der Waals surface area contributed by atoms with E-state index >= 15 is 0 Å². The highest BCUT2D eigenvalue weighted by atomic mass is 35.5. The number of aromatic nitrogens is 1. The summed E-state index contributed by atoms with van der Waals surface area (Å²) >= 11 is 5.83. The average molecular weight is 343 g/mol. The van der Waals surface area contributed by atoms with Crippen LogP contribution in [0, 0.1) is 0 Å². The van der Waals surface area contributed by atoms with Crippen LogP contribution < -0.4 is 5.32 Å². The molecular weight excluding hydrogens is 328 g/mol. The summed E-state index contributed by atoms with van der Waals surface area (Å²) in [6.07, 6.45) is 2.35. The lowest BCUT2D eigenvalue weighted by molar-refractivity contribution is 0.0943. The SMILES string of the molecule is C[C@H](CS(C)(=O)=O)NC(=O)c1conc1-c1ccc(Cl)cc1. The number of carbonyl (C=O) groups excluding carboxylic acids is 1. The van der Waals surface area contributed by atoms with Gasteiger partial charge in [0.05, 0.1) is 5.75 Å². The van der Waals surface area contributed by atoms with Gasteiger partial charge in [0.15, 0.2) is 0 Å². The molecule has 1 aromatic carbocycles. The van der Waals surface area contributed by atoms with E-state index < -0.39 is 21.8 Å². The van der Waals surface area contributed by atoms with Crippen molar-refractivity contribution in [3.8, 4) is 11.3 Å². The minimum atomic E-state index is -3.17. The Balaban J connectivity index is 2.18. The average Bonchev–Trinajstić information content (AvgIpc) is 2.86. The minimum Gasteiger partial charge on any atom is -0.363 e. The van der Waals surface area contributed by atoms with Crippen molar-refractivity contribution >= 4 is 27.3 Å². The second-order valence-electron chi connectivity index (χ2n) is 5.05. The maximum absolute atomic E-state index is 12.2. The normalized spacial score (nSPS) is 12.9. The molecule has 0 saturated heterocycles. The number of hydrogen-bond acceptors (Lipinski definition) is 5. The largest absolute Gasteiger partial charge is 0.363 e. The Labute approximate surface area is 133 Å². The summed E-state index contributed by atoms with van der Waals surface area (Å²) in [6.45, 7) is 1.62. The number of rotatable bonds is 5. The van der Waals surface area contributed by atoms with Gasteiger partial charge in [0.25, 0.3) is 5.91 Å². The van der Waals surface area contributed by atoms with Crippen molar-refractivity contribution in [1.29, 1.82) is 0 Å². The Morgan fingerprint density at radius 3 is 2.59 bits per heavy atom. The van der Waals surface area contributed by atoms with Crippen LogP contribution >= 0.6 is 11.6 Å². The minimum absolute atomic E-state index is 0.139. The van der Waals surface area contributed by atoms with Crippen LogP contribution in [0.4, 0.5) is 0 Å². The third-order valence-electron chi connectivity index (χ3n) is 2.86. The molecule has 1 atom stereocenters. The maximum Gasteiger partial charge on any atom is 0.257 e. The monoisotopic (exact) mass is 342 g/mol. The van der Waals surface area contributed by atoms with Gasteiger partial charge in [-0.2, -0.15) is 0 Å². The number of nitrogens with zero attached hydrogens (tertiary/aromatic N) is 1. The summed E-state index contributed by atoms with van der Waals surface area (Å²) in [5.74, 6) is -0.581. The van der Waals surface area contributed by atoms with E-state index in [1.54, 1.807) is 31.2 Å². The van der Waals surface area contributed by atoms with Crippen LogP contribution in [0.5, 0.6) is 0 Å². The van der Waals surface area contributed by atoms with Crippen LogP contribution in [0.15, 0.2) is 35.1 Å². The lowest BCUT2D eigenvalue weighted by Gasteiger charge is -2.12. The number of halogens is 1. The van der Waals surface area contributed by atoms with Crippen LogP contribution in [0.2, 0.25) is 5.02 Å². The van der Waals surface area contributed by atoms with Crippen molar-refractivity contribution in [2.24, 2.45) is 0 Å². The number of hydrogen-bond donors (Lipinski definition) is 1. The van der Waals surface area contributed by atoms with Gasteiger partial charge >= 0.3 is 0 Å². The van der Waals surface area contributed by atoms with E-state index in [-0.39, 0.29) is 11.3 Å². The molecule has 1 heterocycles. The van der Waals surface area contributed by atoms with E-state index in [1.165, 1.54) is 6.26 Å². The van der Waals surface area contributed by atoms with Crippen molar-refractivity contribution in [2.75, 3.05) is 12.0 Å². The van der Waals surface area contributed by atoms with Crippen LogP contribution in [0.1, 0.15) is 17.3 Å². The molecule has 0 unspecified atom stereocenters. The predicted octanol–water partition coefficient (Wildman–Crippen LogP) is 2.16. The van der Waals surface area contributed by atoms with E-state index in [2.05, 4.69) is 10.5 Å². The zero-order chi connectivity index (χ0) is 16.3. The Morgan fingerprint density at radius 2 is 2.00 bits per heavy atom. The topological polar surface area (TPSA) is 89.3 Å². The molecular formula is C14H15ClN2O4S. The zero-order valence-electron chi connectivity index (χ0n) is 12.0. The molecule has 0 saturated carbocycles. The molecule has 22 heavy (non-hydrogen) atoms. The van der Waals surface area contributed by atoms with Crippen LogP contribution in [0.3, 0.4) is 0 Å². The van der Waals surface area contributed by atoms with Crippen LogP contribution in [0.25, 0.3) is 11.3 Å². The molecule has 1 aromatic heterocycles. The highest BCUT2D eigenvalue weighted by Crippen LogP contribution is 2.23. The number of benzene rings is 1. The smallest absolute Gasteiger partial charge is 0.257 e. The molecule has 1 amide bonds. The summed E-state index contributed by atoms with van der Waals surface area (Å²) in [4.78, 5) is 12.2. The van der Waals surface area contributed by atoms with E-state index in [1.807, 2.05) is 0 Å². The van der Waals surface area contributed by atoms with Crippen LogP contribution in [-0.2, 0) is 9.84 Å². The van der Waals surface area contributed by atoms with Gasteiger partial charge in [0, 0.05) is 22.9 Å². The number of nitrogens with one attached hydrogen (secondary N) is 1. The molecule has 118 valence electrons. The highest BCUT2D eigenvalue weighted by molar-refractivity contribution is 7.90. The standard InChI is InChI=1S/C14H15ClN2O4S/c1-9(8-22(2,19)20)16-14(18)12-7-21-17-13(12)10-3-5-11(15)6-4-10/h3-7,9H,8H2,1-2H3,(H,16,18)/t9-/m1/s1. The van der Waals surface area contributed by atoms with Crippen molar-refractivity contribution in [3.63, 3.8) is 0 Å². The summed E-state index contributed by atoms with van der Waals surface area (Å²) in [6, 6.07) is 6.28. The number of amides is 1. The predicted molar refractivity (Wildman–Crippen MR) is 83.6 cm³/mol. The molecule has 6 nitrogen and oxygen atoms in total. The van der Waals surface area contributed by atoms with Crippen molar-refractivity contribution in [3.05, 3.63) is 41.1 Å². The van der Waals surface area contributed by atoms with Gasteiger partial charge in [0.1, 0.15) is 27.4 Å². The molecule has 2 aromatic rings. The third kappa shape index (κ3) is 4.32. The van der Waals surface area contributed by atoms with Crippen LogP contribution in [-0.4, -0.2) is 37.5 Å². The van der Waals surface area contributed by atoms with Gasteiger partial charge < -0.3 is 9.84 Å². The first-order valence-corrected chi connectivity index (χ1v) is 8.89. The molecule has 0 aliphatic heterocycles. The summed E-state index contributed by atoms with van der Waals surface area (Å²) in [5, 5.41) is 7.01. The molecule has 0 aliphatic carbocycles. The van der Waals surface area contributed by atoms with Gasteiger partial charge in [0.2, 0.25) is 0 Å². The Morgan fingerprint density at radius 1 is 1.36 bits per heavy atom. The summed E-state index contributed by atoms with van der Waals surface area (Å²) in [5.41, 5.74) is 1.29. The molecule has 0 bridgehead atoms. The van der Waals surface area contributed by atoms with E-state index in [0.29, 0.717) is 16.3 Å². The Hall–Kier alpha value is -1.86. The van der Waals surface area contributed by atoms with Crippen molar-refractivity contribution in [1.82, 2.24) is 10.5 Å². The van der Waals surface area contributed by atoms with Gasteiger partial charge in [-0.3, -0.25) is 4.79 Å².